The molecule has 0 N–H and O–H groups in total. The van der Waals surface area contributed by atoms with Crippen LogP contribution in [-0.2, 0) is 17.7 Å². The summed E-state index contributed by atoms with van der Waals surface area (Å²) in [6.07, 6.45) is 6.40. The molecule has 212 valence electrons. The molecule has 9 nitrogen and oxygen atoms in total. The summed E-state index contributed by atoms with van der Waals surface area (Å²) in [7, 11) is 1.61. The number of hydrogen-bond acceptors (Lipinski definition) is 6. The molecule has 1 aliphatic heterocycles. The molecule has 1 unspecified atom stereocenters. The number of hydrogen-bond donors (Lipinski definition) is 0. The molecule has 2 amide bonds. The Kier molecular flexibility index (Phi) is 8.27. The molecule has 0 bridgehead atoms. The number of imidazole rings is 1. The van der Waals surface area contributed by atoms with E-state index in [1.54, 1.807) is 64.2 Å². The van der Waals surface area contributed by atoms with Gasteiger partial charge in [-0.2, -0.15) is 0 Å². The lowest BCUT2D eigenvalue weighted by atomic mass is 9.90. The van der Waals surface area contributed by atoms with Crippen LogP contribution in [-0.4, -0.2) is 57.2 Å². The number of nitrogens with zero attached hydrogens (tertiary/aromatic N) is 5. The fraction of sp³-hybridized carbons (Fsp3) is 0.400. The first-order valence-corrected chi connectivity index (χ1v) is 13.3. The predicted octanol–water partition coefficient (Wildman–Crippen LogP) is 5.64. The number of ether oxygens (including phenoxy) is 2. The summed E-state index contributed by atoms with van der Waals surface area (Å²) in [4.78, 5) is 38.1. The Bertz CT molecular complexity index is 1430. The summed E-state index contributed by atoms with van der Waals surface area (Å²) in [5.74, 6) is -0.141. The molecule has 2 aromatic heterocycles. The van der Waals surface area contributed by atoms with Gasteiger partial charge in [-0.25, -0.2) is 14.2 Å². The summed E-state index contributed by atoms with van der Waals surface area (Å²) in [6, 6.07) is 5.05. The SMILES string of the molecule is C=Cc1cc(Cn2ccnc2N(C)C(=O)OC(C)(C)C)cc2c1CCN(C(C)c1cc(OCC)c(F)cn1)C2=O. The second-order valence-corrected chi connectivity index (χ2v) is 10.7. The standard InChI is InChI=1S/C30H36FN5O4/c1-8-21-14-20(18-35-13-11-32-28(35)34(7)29(38)40-30(4,5)6)15-23-22(21)10-12-36(27(23)37)19(3)25-16-26(39-9-2)24(31)17-33-25/h8,11,13-17,19H,1,9-10,12,18H2,2-7H3. The third kappa shape index (κ3) is 6.00. The van der Waals surface area contributed by atoms with Crippen molar-refractivity contribution in [1.82, 2.24) is 19.4 Å². The fourth-order valence-corrected chi connectivity index (χ4v) is 4.78. The maximum absolute atomic E-state index is 14.1. The molecule has 0 spiro atoms. The Balaban J connectivity index is 1.62. The molecular weight excluding hydrogens is 513 g/mol. The number of halogens is 1. The van der Waals surface area contributed by atoms with Gasteiger partial charge in [0.05, 0.1) is 31.1 Å². The summed E-state index contributed by atoms with van der Waals surface area (Å²) in [5, 5.41) is 0. The lowest BCUT2D eigenvalue weighted by molar-refractivity contribution is 0.0585. The van der Waals surface area contributed by atoms with Gasteiger partial charge in [0, 0.05) is 37.6 Å². The van der Waals surface area contributed by atoms with Crippen LogP contribution in [0.4, 0.5) is 15.1 Å². The minimum absolute atomic E-state index is 0.118. The first kappa shape index (κ1) is 28.8. The van der Waals surface area contributed by atoms with Crippen molar-refractivity contribution < 1.29 is 23.5 Å². The van der Waals surface area contributed by atoms with Gasteiger partial charge < -0.3 is 18.9 Å². The van der Waals surface area contributed by atoms with E-state index in [0.29, 0.717) is 43.3 Å². The van der Waals surface area contributed by atoms with Crippen molar-refractivity contribution in [3.05, 3.63) is 77.1 Å². The minimum Gasteiger partial charge on any atom is -0.491 e. The van der Waals surface area contributed by atoms with Crippen molar-refractivity contribution in [1.29, 1.82) is 0 Å². The Hall–Kier alpha value is -4.21. The van der Waals surface area contributed by atoms with Crippen molar-refractivity contribution in [3.8, 4) is 5.75 Å². The van der Waals surface area contributed by atoms with Gasteiger partial charge in [-0.15, -0.1) is 0 Å². The number of carbonyl (C=O) groups excluding carboxylic acids is 2. The Morgan fingerprint density at radius 3 is 2.70 bits per heavy atom. The van der Waals surface area contributed by atoms with E-state index < -0.39 is 17.5 Å². The number of fused-ring (bicyclic) bond motifs is 1. The lowest BCUT2D eigenvalue weighted by Gasteiger charge is -2.34. The van der Waals surface area contributed by atoms with Gasteiger partial charge in [-0.1, -0.05) is 12.7 Å². The lowest BCUT2D eigenvalue weighted by Crippen LogP contribution is -2.40. The predicted molar refractivity (Wildman–Crippen MR) is 151 cm³/mol. The van der Waals surface area contributed by atoms with E-state index in [1.807, 2.05) is 23.6 Å². The second kappa shape index (κ2) is 11.5. The highest BCUT2D eigenvalue weighted by atomic mass is 19.1. The number of pyridine rings is 1. The third-order valence-electron chi connectivity index (χ3n) is 6.71. The van der Waals surface area contributed by atoms with Gasteiger partial charge in [0.15, 0.2) is 11.6 Å². The van der Waals surface area contributed by atoms with Crippen molar-refractivity contribution in [2.75, 3.05) is 25.1 Å². The highest BCUT2D eigenvalue weighted by Gasteiger charge is 2.31. The molecule has 3 heterocycles. The highest BCUT2D eigenvalue weighted by molar-refractivity contribution is 5.98. The van der Waals surface area contributed by atoms with Gasteiger partial charge in [0.25, 0.3) is 5.91 Å². The van der Waals surface area contributed by atoms with Crippen LogP contribution in [0.1, 0.15) is 73.4 Å². The average molecular weight is 550 g/mol. The largest absolute Gasteiger partial charge is 0.491 e. The van der Waals surface area contributed by atoms with E-state index >= 15 is 0 Å². The number of rotatable bonds is 8. The molecule has 0 saturated carbocycles. The van der Waals surface area contributed by atoms with E-state index in [4.69, 9.17) is 9.47 Å². The van der Waals surface area contributed by atoms with Gasteiger partial charge in [-0.3, -0.25) is 14.7 Å². The molecule has 0 radical (unpaired) electrons. The average Bonchev–Trinajstić information content (AvgIpc) is 3.36. The van der Waals surface area contributed by atoms with E-state index in [2.05, 4.69) is 16.5 Å². The zero-order valence-corrected chi connectivity index (χ0v) is 23.9. The molecule has 0 saturated heterocycles. The Morgan fingerprint density at radius 1 is 1.27 bits per heavy atom. The number of amides is 2. The Morgan fingerprint density at radius 2 is 2.02 bits per heavy atom. The monoisotopic (exact) mass is 549 g/mol. The Labute approximate surface area is 234 Å². The van der Waals surface area contributed by atoms with Crippen LogP contribution in [0.2, 0.25) is 0 Å². The van der Waals surface area contributed by atoms with Gasteiger partial charge in [-0.05, 0) is 69.9 Å². The number of aromatic nitrogens is 3. The van der Waals surface area contributed by atoms with Crippen LogP contribution >= 0.6 is 0 Å². The van der Waals surface area contributed by atoms with E-state index in [9.17, 15) is 14.0 Å². The smallest absolute Gasteiger partial charge is 0.416 e. The molecular formula is C30H36FN5O4. The van der Waals surface area contributed by atoms with E-state index in [1.165, 1.54) is 4.90 Å². The normalized spacial score (nSPS) is 14.0. The van der Waals surface area contributed by atoms with Gasteiger partial charge in [0.1, 0.15) is 5.60 Å². The highest BCUT2D eigenvalue weighted by Crippen LogP contribution is 2.32. The van der Waals surface area contributed by atoms with Crippen molar-refractivity contribution >= 4 is 24.0 Å². The van der Waals surface area contributed by atoms with Gasteiger partial charge >= 0.3 is 6.09 Å². The fourth-order valence-electron chi connectivity index (χ4n) is 4.78. The van der Waals surface area contributed by atoms with Crippen LogP contribution in [0.25, 0.3) is 6.08 Å². The molecule has 40 heavy (non-hydrogen) atoms. The zero-order chi connectivity index (χ0) is 29.2. The first-order valence-electron chi connectivity index (χ1n) is 13.3. The molecule has 0 aliphatic carbocycles. The van der Waals surface area contributed by atoms with Crippen LogP contribution in [0.3, 0.4) is 0 Å². The van der Waals surface area contributed by atoms with Crippen LogP contribution < -0.4 is 9.64 Å². The van der Waals surface area contributed by atoms with Crippen LogP contribution in [0.5, 0.6) is 5.75 Å². The minimum atomic E-state index is -0.641. The maximum Gasteiger partial charge on any atom is 0.416 e. The van der Waals surface area contributed by atoms with Crippen molar-refractivity contribution in [2.45, 2.75) is 59.2 Å². The second-order valence-electron chi connectivity index (χ2n) is 10.7. The molecule has 1 atom stereocenters. The van der Waals surface area contributed by atoms with Gasteiger partial charge in [0.2, 0.25) is 5.95 Å². The van der Waals surface area contributed by atoms with Crippen LogP contribution in [0.15, 0.2) is 43.4 Å². The number of anilines is 1. The molecule has 1 aromatic carbocycles. The zero-order valence-electron chi connectivity index (χ0n) is 23.9. The molecule has 1 aliphatic rings. The third-order valence-corrected chi connectivity index (χ3v) is 6.71. The molecule has 10 heteroatoms. The summed E-state index contributed by atoms with van der Waals surface area (Å²) < 4.78 is 26.8. The van der Waals surface area contributed by atoms with E-state index in [0.717, 1.165) is 22.9 Å². The molecule has 4 rings (SSSR count). The quantitative estimate of drug-likeness (QED) is 0.361. The summed E-state index contributed by atoms with van der Waals surface area (Å²) in [5.41, 5.74) is 3.17. The molecule has 3 aromatic rings. The summed E-state index contributed by atoms with van der Waals surface area (Å²) in [6.45, 7) is 14.2. The maximum atomic E-state index is 14.1. The molecule has 0 fully saturated rings. The van der Waals surface area contributed by atoms with Crippen molar-refractivity contribution in [2.24, 2.45) is 0 Å². The topological polar surface area (TPSA) is 89.8 Å². The summed E-state index contributed by atoms with van der Waals surface area (Å²) >= 11 is 0. The van der Waals surface area contributed by atoms with Crippen molar-refractivity contribution in [3.63, 3.8) is 0 Å². The van der Waals surface area contributed by atoms with Crippen LogP contribution in [0, 0.1) is 5.82 Å². The first-order chi connectivity index (χ1) is 18.9. The van der Waals surface area contributed by atoms with E-state index in [-0.39, 0.29) is 17.7 Å². The number of benzene rings is 1. The number of carbonyl (C=O) groups is 2.